The van der Waals surface area contributed by atoms with Crippen LogP contribution < -0.4 is 5.73 Å². The summed E-state index contributed by atoms with van der Waals surface area (Å²) in [5.41, 5.74) is 7.15. The lowest BCUT2D eigenvalue weighted by Gasteiger charge is -1.99. The quantitative estimate of drug-likeness (QED) is 0.833. The molecule has 2 N–H and O–H groups in total. The van der Waals surface area contributed by atoms with Crippen LogP contribution in [0.3, 0.4) is 0 Å². The van der Waals surface area contributed by atoms with Crippen molar-refractivity contribution in [2.24, 2.45) is 5.73 Å². The molecule has 0 saturated carbocycles. The van der Waals surface area contributed by atoms with Gasteiger partial charge >= 0.3 is 0 Å². The van der Waals surface area contributed by atoms with Gasteiger partial charge in [0.1, 0.15) is 5.76 Å². The lowest BCUT2D eigenvalue weighted by atomic mass is 10.1. The highest BCUT2D eigenvalue weighted by atomic mass is 16.5. The van der Waals surface area contributed by atoms with E-state index in [9.17, 15) is 4.79 Å². The number of rotatable bonds is 3. The zero-order valence-corrected chi connectivity index (χ0v) is 8.80. The highest BCUT2D eigenvalue weighted by molar-refractivity contribution is 5.92. The monoisotopic (exact) mass is 217 g/mol. The van der Waals surface area contributed by atoms with Crippen LogP contribution in [0, 0.1) is 6.92 Å². The predicted octanol–water partition coefficient (Wildman–Crippen LogP) is 1.07. The van der Waals surface area contributed by atoms with Crippen LogP contribution in [0.25, 0.3) is 0 Å². The summed E-state index contributed by atoms with van der Waals surface area (Å²) in [7, 11) is 0. The van der Waals surface area contributed by atoms with Crippen LogP contribution in [0.5, 0.6) is 0 Å². The zero-order chi connectivity index (χ0) is 11.5. The van der Waals surface area contributed by atoms with Gasteiger partial charge in [0.2, 0.25) is 5.91 Å². The number of nitrogens with two attached hydrogens (primary N) is 1. The van der Waals surface area contributed by atoms with Crippen LogP contribution in [0.2, 0.25) is 0 Å². The van der Waals surface area contributed by atoms with Crippen LogP contribution in [0.1, 0.15) is 27.5 Å². The number of primary amides is 1. The van der Waals surface area contributed by atoms with Gasteiger partial charge in [-0.2, -0.15) is 0 Å². The predicted molar refractivity (Wildman–Crippen MR) is 56.8 cm³/mol. The number of pyridine rings is 1. The molecule has 0 fully saturated rings. The molecule has 2 rings (SSSR count). The molecule has 0 aromatic carbocycles. The second kappa shape index (κ2) is 4.14. The van der Waals surface area contributed by atoms with Gasteiger partial charge in [-0.05, 0) is 19.1 Å². The first kappa shape index (κ1) is 10.4. The van der Waals surface area contributed by atoms with Gasteiger partial charge in [-0.1, -0.05) is 5.16 Å². The topological polar surface area (TPSA) is 82.0 Å². The largest absolute Gasteiger partial charge is 0.366 e. The molecule has 0 bridgehead atoms. The lowest BCUT2D eigenvalue weighted by Crippen LogP contribution is -2.11. The first-order valence-corrected chi connectivity index (χ1v) is 4.82. The summed E-state index contributed by atoms with van der Waals surface area (Å²) in [6.45, 7) is 1.82. The van der Waals surface area contributed by atoms with Crippen molar-refractivity contribution >= 4 is 5.91 Å². The van der Waals surface area contributed by atoms with Crippen LogP contribution in [-0.2, 0) is 6.42 Å². The normalized spacial score (nSPS) is 10.3. The summed E-state index contributed by atoms with van der Waals surface area (Å²) in [4.78, 5) is 15.1. The molecular weight excluding hydrogens is 206 g/mol. The summed E-state index contributed by atoms with van der Waals surface area (Å²) < 4.78 is 4.94. The second-order valence-corrected chi connectivity index (χ2v) is 3.51. The van der Waals surface area contributed by atoms with Gasteiger partial charge in [0.15, 0.2) is 0 Å². The number of amides is 1. The van der Waals surface area contributed by atoms with Crippen molar-refractivity contribution in [2.45, 2.75) is 13.3 Å². The molecule has 0 atom stereocenters. The molecule has 2 aromatic heterocycles. The second-order valence-electron chi connectivity index (χ2n) is 3.51. The molecule has 16 heavy (non-hydrogen) atoms. The van der Waals surface area contributed by atoms with Gasteiger partial charge in [0.05, 0.1) is 5.69 Å². The summed E-state index contributed by atoms with van der Waals surface area (Å²) in [6, 6.07) is 5.07. The molecule has 5 heteroatoms. The number of carbonyl (C=O) groups excluding carboxylic acids is 1. The fraction of sp³-hybridized carbons (Fsp3) is 0.182. The molecule has 0 aliphatic heterocycles. The Balaban J connectivity index is 2.21. The summed E-state index contributed by atoms with van der Waals surface area (Å²) in [5, 5.41) is 3.85. The Labute approximate surface area is 92.3 Å². The number of hydrogen-bond acceptors (Lipinski definition) is 4. The molecule has 0 saturated heterocycles. The summed E-state index contributed by atoms with van der Waals surface area (Å²) in [5.74, 6) is 0.293. The third kappa shape index (κ3) is 2.25. The van der Waals surface area contributed by atoms with Gasteiger partial charge in [-0.3, -0.25) is 9.78 Å². The zero-order valence-electron chi connectivity index (χ0n) is 8.80. The molecule has 2 heterocycles. The van der Waals surface area contributed by atoms with E-state index in [-0.39, 0.29) is 0 Å². The smallest absolute Gasteiger partial charge is 0.248 e. The molecule has 0 unspecified atom stereocenters. The Hall–Kier alpha value is -2.17. The van der Waals surface area contributed by atoms with Gasteiger partial charge < -0.3 is 10.3 Å². The Morgan fingerprint density at radius 3 is 2.88 bits per heavy atom. The average Bonchev–Trinajstić information content (AvgIpc) is 2.64. The molecule has 1 amide bonds. The maximum absolute atomic E-state index is 11.0. The Bertz CT molecular complexity index is 519. The van der Waals surface area contributed by atoms with Crippen molar-refractivity contribution in [3.8, 4) is 0 Å². The van der Waals surface area contributed by atoms with Crippen molar-refractivity contribution in [1.82, 2.24) is 10.1 Å². The fourth-order valence-corrected chi connectivity index (χ4v) is 1.41. The van der Waals surface area contributed by atoms with Gasteiger partial charge in [0.25, 0.3) is 0 Å². The van der Waals surface area contributed by atoms with E-state index >= 15 is 0 Å². The van der Waals surface area contributed by atoms with Crippen molar-refractivity contribution < 1.29 is 9.32 Å². The van der Waals surface area contributed by atoms with Crippen LogP contribution in [0.4, 0.5) is 0 Å². The molecule has 82 valence electrons. The number of hydrogen-bond donors (Lipinski definition) is 1. The SMILES string of the molecule is Cc1cc(Cc2cc(C(N)=O)ccn2)no1. The maximum atomic E-state index is 11.0. The fourth-order valence-electron chi connectivity index (χ4n) is 1.41. The Kier molecular flexibility index (Phi) is 2.68. The first-order chi connectivity index (χ1) is 7.65. The van der Waals surface area contributed by atoms with Gasteiger partial charge in [-0.25, -0.2) is 0 Å². The van der Waals surface area contributed by atoms with Crippen molar-refractivity contribution in [3.05, 3.63) is 47.1 Å². The molecule has 0 spiro atoms. The number of carbonyl (C=O) groups is 1. The lowest BCUT2D eigenvalue weighted by molar-refractivity contribution is 0.1000. The summed E-state index contributed by atoms with van der Waals surface area (Å²) >= 11 is 0. The number of aromatic nitrogens is 2. The third-order valence-electron chi connectivity index (χ3n) is 2.14. The van der Waals surface area contributed by atoms with E-state index in [1.807, 2.05) is 13.0 Å². The Morgan fingerprint density at radius 1 is 1.44 bits per heavy atom. The van der Waals surface area contributed by atoms with E-state index in [4.69, 9.17) is 10.3 Å². The maximum Gasteiger partial charge on any atom is 0.248 e. The van der Waals surface area contributed by atoms with Gasteiger partial charge in [0, 0.05) is 29.9 Å². The van der Waals surface area contributed by atoms with E-state index in [0.29, 0.717) is 12.0 Å². The first-order valence-electron chi connectivity index (χ1n) is 4.82. The minimum Gasteiger partial charge on any atom is -0.366 e. The molecule has 0 radical (unpaired) electrons. The number of aryl methyl sites for hydroxylation is 1. The van der Waals surface area contributed by atoms with Crippen LogP contribution in [0.15, 0.2) is 28.9 Å². The molecule has 2 aromatic rings. The number of nitrogens with zero attached hydrogens (tertiary/aromatic N) is 2. The van der Waals surface area contributed by atoms with Crippen molar-refractivity contribution in [2.75, 3.05) is 0 Å². The average molecular weight is 217 g/mol. The Morgan fingerprint density at radius 2 is 2.25 bits per heavy atom. The summed E-state index contributed by atoms with van der Waals surface area (Å²) in [6.07, 6.45) is 2.08. The van der Waals surface area contributed by atoms with E-state index in [2.05, 4.69) is 10.1 Å². The third-order valence-corrected chi connectivity index (χ3v) is 2.14. The standard InChI is InChI=1S/C11H11N3O2/c1-7-4-10(14-16-7)6-9-5-8(11(12)15)2-3-13-9/h2-5H,6H2,1H3,(H2,12,15). The molecule has 5 nitrogen and oxygen atoms in total. The molecule has 0 aliphatic rings. The minimum absolute atomic E-state index is 0.449. The molecule has 0 aliphatic carbocycles. The van der Waals surface area contributed by atoms with Gasteiger partial charge in [-0.15, -0.1) is 0 Å². The molecular formula is C11H11N3O2. The van der Waals surface area contributed by atoms with Crippen LogP contribution >= 0.6 is 0 Å². The minimum atomic E-state index is -0.458. The van der Waals surface area contributed by atoms with Crippen LogP contribution in [-0.4, -0.2) is 16.0 Å². The van der Waals surface area contributed by atoms with E-state index in [0.717, 1.165) is 17.1 Å². The highest BCUT2D eigenvalue weighted by Gasteiger charge is 2.06. The van der Waals surface area contributed by atoms with E-state index in [1.165, 1.54) is 0 Å². The van der Waals surface area contributed by atoms with E-state index in [1.54, 1.807) is 18.3 Å². The van der Waals surface area contributed by atoms with Crippen molar-refractivity contribution in [3.63, 3.8) is 0 Å². The van der Waals surface area contributed by atoms with E-state index < -0.39 is 5.91 Å². The highest BCUT2D eigenvalue weighted by Crippen LogP contribution is 2.09. The van der Waals surface area contributed by atoms with Crippen molar-refractivity contribution in [1.29, 1.82) is 0 Å².